The summed E-state index contributed by atoms with van der Waals surface area (Å²) in [6.45, 7) is 1.86. The monoisotopic (exact) mass is 345 g/mol. The molecule has 132 valence electrons. The number of likely N-dealkylation sites (N-methyl/N-ethyl adjacent to an activating group) is 1. The van der Waals surface area contributed by atoms with Crippen molar-refractivity contribution in [3.63, 3.8) is 0 Å². The average molecular weight is 345 g/mol. The van der Waals surface area contributed by atoms with Gasteiger partial charge in [-0.15, -0.1) is 0 Å². The molecule has 0 saturated carbocycles. The minimum Gasteiger partial charge on any atom is -0.359 e. The molecule has 5 nitrogen and oxygen atoms in total. The molecule has 0 spiro atoms. The fourth-order valence-electron chi connectivity index (χ4n) is 3.38. The van der Waals surface area contributed by atoms with Crippen LogP contribution < -0.4 is 9.80 Å². The fourth-order valence-corrected chi connectivity index (χ4v) is 3.38. The van der Waals surface area contributed by atoms with Gasteiger partial charge in [-0.3, -0.25) is 4.98 Å². The predicted octanol–water partition coefficient (Wildman–Crippen LogP) is 3.63. The van der Waals surface area contributed by atoms with E-state index in [9.17, 15) is 0 Å². The second-order valence-electron chi connectivity index (χ2n) is 6.63. The number of benzene rings is 1. The van der Waals surface area contributed by atoms with Crippen LogP contribution in [-0.4, -0.2) is 35.1 Å². The Labute approximate surface area is 154 Å². The Balaban J connectivity index is 1.52. The van der Waals surface area contributed by atoms with Crippen LogP contribution in [0.25, 0.3) is 0 Å². The molecule has 1 aliphatic heterocycles. The highest BCUT2D eigenvalue weighted by Gasteiger charge is 2.20. The number of hydrogen-bond acceptors (Lipinski definition) is 5. The zero-order chi connectivity index (χ0) is 17.8. The molecule has 5 heteroatoms. The van der Waals surface area contributed by atoms with Crippen molar-refractivity contribution in [3.05, 3.63) is 72.2 Å². The zero-order valence-electron chi connectivity index (χ0n) is 15.0. The lowest BCUT2D eigenvalue weighted by atomic mass is 10.0. The van der Waals surface area contributed by atoms with Crippen LogP contribution in [0.4, 0.5) is 17.5 Å². The van der Waals surface area contributed by atoms with Crippen molar-refractivity contribution >= 4 is 17.5 Å². The second kappa shape index (κ2) is 7.52. The van der Waals surface area contributed by atoms with Crippen molar-refractivity contribution in [1.29, 1.82) is 0 Å². The first kappa shape index (κ1) is 16.5. The van der Waals surface area contributed by atoms with Crippen LogP contribution in [0.2, 0.25) is 0 Å². The summed E-state index contributed by atoms with van der Waals surface area (Å²) in [5, 5.41) is 0. The Hall–Kier alpha value is -2.95. The Kier molecular flexibility index (Phi) is 4.78. The van der Waals surface area contributed by atoms with Gasteiger partial charge in [0.05, 0.1) is 0 Å². The molecule has 0 unspecified atom stereocenters. The van der Waals surface area contributed by atoms with Crippen LogP contribution in [0, 0.1) is 0 Å². The summed E-state index contributed by atoms with van der Waals surface area (Å²) in [5.74, 6) is 1.73. The van der Waals surface area contributed by atoms with Crippen molar-refractivity contribution < 1.29 is 0 Å². The van der Waals surface area contributed by atoms with E-state index in [1.54, 1.807) is 0 Å². The molecule has 4 rings (SSSR count). The molecule has 26 heavy (non-hydrogen) atoms. The Morgan fingerprint density at radius 2 is 1.88 bits per heavy atom. The largest absolute Gasteiger partial charge is 0.359 e. The van der Waals surface area contributed by atoms with E-state index in [0.29, 0.717) is 0 Å². The van der Waals surface area contributed by atoms with Crippen LogP contribution in [0.15, 0.2) is 61.1 Å². The number of aryl methyl sites for hydroxylation is 1. The van der Waals surface area contributed by atoms with Gasteiger partial charge in [0.25, 0.3) is 0 Å². The first-order chi connectivity index (χ1) is 12.8. The highest BCUT2D eigenvalue weighted by molar-refractivity contribution is 5.64. The number of rotatable bonds is 5. The number of aromatic nitrogens is 3. The molecule has 1 aliphatic rings. The van der Waals surface area contributed by atoms with Crippen molar-refractivity contribution in [2.24, 2.45) is 0 Å². The van der Waals surface area contributed by atoms with E-state index < -0.39 is 0 Å². The lowest BCUT2D eigenvalue weighted by Gasteiger charge is -2.30. The SMILES string of the molecule is CN(CCc1ccncc1)c1ccnc(N2CCCc3ccccc32)n1. The van der Waals surface area contributed by atoms with Gasteiger partial charge in [-0.05, 0) is 54.7 Å². The maximum Gasteiger partial charge on any atom is 0.231 e. The molecular weight excluding hydrogens is 322 g/mol. The molecule has 0 N–H and O–H groups in total. The van der Waals surface area contributed by atoms with E-state index in [4.69, 9.17) is 4.98 Å². The van der Waals surface area contributed by atoms with Crippen LogP contribution >= 0.6 is 0 Å². The summed E-state index contributed by atoms with van der Waals surface area (Å²) < 4.78 is 0. The van der Waals surface area contributed by atoms with Crippen LogP contribution in [0.1, 0.15) is 17.5 Å². The molecule has 2 aromatic heterocycles. The molecule has 0 fully saturated rings. The zero-order valence-corrected chi connectivity index (χ0v) is 15.0. The normalized spacial score (nSPS) is 13.3. The molecule has 0 saturated heterocycles. The van der Waals surface area contributed by atoms with Crippen LogP contribution in [-0.2, 0) is 12.8 Å². The Bertz CT molecular complexity index is 865. The second-order valence-corrected chi connectivity index (χ2v) is 6.63. The Morgan fingerprint density at radius 1 is 1.04 bits per heavy atom. The maximum absolute atomic E-state index is 4.84. The summed E-state index contributed by atoms with van der Waals surface area (Å²) in [7, 11) is 2.08. The van der Waals surface area contributed by atoms with Gasteiger partial charge in [0, 0.05) is 44.4 Å². The van der Waals surface area contributed by atoms with Gasteiger partial charge >= 0.3 is 0 Å². The van der Waals surface area contributed by atoms with Gasteiger partial charge in [0.1, 0.15) is 5.82 Å². The van der Waals surface area contributed by atoms with E-state index in [2.05, 4.69) is 63.2 Å². The van der Waals surface area contributed by atoms with E-state index in [0.717, 1.165) is 44.1 Å². The minimum atomic E-state index is 0.783. The first-order valence-electron chi connectivity index (χ1n) is 9.10. The van der Waals surface area contributed by atoms with E-state index in [1.165, 1.54) is 16.8 Å². The van der Waals surface area contributed by atoms with Gasteiger partial charge in [-0.25, -0.2) is 4.98 Å². The highest BCUT2D eigenvalue weighted by Crippen LogP contribution is 2.31. The number of anilines is 3. The van der Waals surface area contributed by atoms with E-state index in [-0.39, 0.29) is 0 Å². The number of nitrogens with zero attached hydrogens (tertiary/aromatic N) is 5. The molecule has 0 amide bonds. The van der Waals surface area contributed by atoms with Crippen molar-refractivity contribution in [1.82, 2.24) is 15.0 Å². The van der Waals surface area contributed by atoms with Crippen molar-refractivity contribution in [2.75, 3.05) is 29.9 Å². The molecule has 0 atom stereocenters. The summed E-state index contributed by atoms with van der Waals surface area (Å²) in [6.07, 6.45) is 8.75. The summed E-state index contributed by atoms with van der Waals surface area (Å²) in [4.78, 5) is 17.9. The van der Waals surface area contributed by atoms with Gasteiger partial charge in [0.2, 0.25) is 5.95 Å². The van der Waals surface area contributed by atoms with Gasteiger partial charge in [-0.2, -0.15) is 4.98 Å². The molecule has 1 aromatic carbocycles. The van der Waals surface area contributed by atoms with Gasteiger partial charge < -0.3 is 9.80 Å². The highest BCUT2D eigenvalue weighted by atomic mass is 15.3. The van der Waals surface area contributed by atoms with E-state index >= 15 is 0 Å². The van der Waals surface area contributed by atoms with E-state index in [1.807, 2.05) is 24.7 Å². The lowest BCUT2D eigenvalue weighted by molar-refractivity contribution is 0.747. The summed E-state index contributed by atoms with van der Waals surface area (Å²) >= 11 is 0. The van der Waals surface area contributed by atoms with Crippen LogP contribution in [0.3, 0.4) is 0 Å². The summed E-state index contributed by atoms with van der Waals surface area (Å²) in [6, 6.07) is 14.7. The average Bonchev–Trinajstić information content (AvgIpc) is 2.72. The van der Waals surface area contributed by atoms with Crippen molar-refractivity contribution in [3.8, 4) is 0 Å². The third kappa shape index (κ3) is 3.52. The third-order valence-corrected chi connectivity index (χ3v) is 4.86. The van der Waals surface area contributed by atoms with Crippen LogP contribution in [0.5, 0.6) is 0 Å². The van der Waals surface area contributed by atoms with Crippen molar-refractivity contribution in [2.45, 2.75) is 19.3 Å². The van der Waals surface area contributed by atoms with Gasteiger partial charge in [0.15, 0.2) is 0 Å². The molecule has 0 bridgehead atoms. The summed E-state index contributed by atoms with van der Waals surface area (Å²) in [5.41, 5.74) is 3.89. The molecule has 3 heterocycles. The standard InChI is InChI=1S/C21H23N5/c1-25(16-11-17-8-12-22-13-9-17)20-10-14-23-21(24-20)26-15-4-6-18-5-2-3-7-19(18)26/h2-3,5,7-10,12-14H,4,6,11,15-16H2,1H3. The minimum absolute atomic E-state index is 0.783. The molecule has 0 radical (unpaired) electrons. The Morgan fingerprint density at radius 3 is 2.77 bits per heavy atom. The number of pyridine rings is 1. The third-order valence-electron chi connectivity index (χ3n) is 4.86. The quantitative estimate of drug-likeness (QED) is 0.706. The lowest BCUT2D eigenvalue weighted by Crippen LogP contribution is -2.27. The number of hydrogen-bond donors (Lipinski definition) is 0. The number of para-hydroxylation sites is 1. The fraction of sp³-hybridized carbons (Fsp3) is 0.286. The first-order valence-corrected chi connectivity index (χ1v) is 9.10. The maximum atomic E-state index is 4.84. The molecule has 3 aromatic rings. The number of fused-ring (bicyclic) bond motifs is 1. The van der Waals surface area contributed by atoms with Gasteiger partial charge in [-0.1, -0.05) is 18.2 Å². The molecular formula is C21H23N5. The smallest absolute Gasteiger partial charge is 0.231 e. The predicted molar refractivity (Wildman–Crippen MR) is 105 cm³/mol. The topological polar surface area (TPSA) is 45.2 Å². The molecule has 0 aliphatic carbocycles.